The SMILES string of the molecule is CCOC(=O)C1=C(C)N=c2s/c(=C\c3ccc(OCC(=O)O)c(Br)c3)c(=O)n2[C@H]1c1cc(OC)c(OCC)cc1Br. The third kappa shape index (κ3) is 6.41. The molecule has 13 heteroatoms. The molecule has 0 saturated heterocycles. The molecule has 1 aromatic heterocycles. The molecule has 2 heterocycles. The molecule has 4 rings (SSSR count). The maximum atomic E-state index is 13.9. The Kier molecular flexibility index (Phi) is 9.72. The Balaban J connectivity index is 1.90. The van der Waals surface area contributed by atoms with Gasteiger partial charge in [-0.05, 0) is 78.2 Å². The number of benzene rings is 2. The number of hydrogen-bond acceptors (Lipinski definition) is 9. The lowest BCUT2D eigenvalue weighted by Crippen LogP contribution is -2.40. The van der Waals surface area contributed by atoms with Gasteiger partial charge in [-0.25, -0.2) is 14.6 Å². The van der Waals surface area contributed by atoms with Crippen molar-refractivity contribution >= 4 is 61.2 Å². The number of fused-ring (bicyclic) bond motifs is 1. The molecule has 1 aliphatic heterocycles. The summed E-state index contributed by atoms with van der Waals surface area (Å²) in [6, 6.07) is 7.67. The molecule has 0 unspecified atom stereocenters. The topological polar surface area (TPSA) is 126 Å². The maximum Gasteiger partial charge on any atom is 0.341 e. The Morgan fingerprint density at radius 1 is 1.07 bits per heavy atom. The number of aliphatic carboxylic acids is 1. The first-order valence-electron chi connectivity index (χ1n) is 12.4. The molecule has 1 aliphatic rings. The number of carboxylic acids is 1. The number of methoxy groups -OCH3 is 1. The number of aromatic nitrogens is 1. The molecule has 0 bridgehead atoms. The number of esters is 1. The minimum Gasteiger partial charge on any atom is -0.493 e. The van der Waals surface area contributed by atoms with Crippen molar-refractivity contribution in [3.63, 3.8) is 0 Å². The largest absolute Gasteiger partial charge is 0.493 e. The third-order valence-electron chi connectivity index (χ3n) is 6.00. The normalized spacial score (nSPS) is 14.8. The van der Waals surface area contributed by atoms with Gasteiger partial charge in [0.2, 0.25) is 0 Å². The van der Waals surface area contributed by atoms with Crippen LogP contribution in [0.2, 0.25) is 0 Å². The molecule has 1 N–H and O–H groups in total. The minimum atomic E-state index is -1.09. The predicted molar refractivity (Wildman–Crippen MR) is 160 cm³/mol. The number of rotatable bonds is 10. The number of carboxylic acid groups (broad SMARTS) is 1. The van der Waals surface area contributed by atoms with Crippen molar-refractivity contribution in [3.8, 4) is 17.2 Å². The van der Waals surface area contributed by atoms with Crippen LogP contribution in [0, 0.1) is 0 Å². The van der Waals surface area contributed by atoms with Gasteiger partial charge < -0.3 is 24.1 Å². The van der Waals surface area contributed by atoms with Crippen LogP contribution in [-0.4, -0.2) is 48.5 Å². The molecule has 216 valence electrons. The second-order valence-corrected chi connectivity index (χ2v) is 11.3. The molecule has 0 saturated carbocycles. The first kappa shape index (κ1) is 30.5. The Morgan fingerprint density at radius 3 is 2.46 bits per heavy atom. The van der Waals surface area contributed by atoms with Crippen LogP contribution in [0.3, 0.4) is 0 Å². The minimum absolute atomic E-state index is 0.154. The number of hydrogen-bond donors (Lipinski definition) is 1. The first-order chi connectivity index (χ1) is 19.6. The van der Waals surface area contributed by atoms with E-state index in [4.69, 9.17) is 24.1 Å². The van der Waals surface area contributed by atoms with Gasteiger partial charge >= 0.3 is 11.9 Å². The molecule has 3 aromatic rings. The third-order valence-corrected chi connectivity index (χ3v) is 8.29. The maximum absolute atomic E-state index is 13.9. The molecule has 10 nitrogen and oxygen atoms in total. The predicted octanol–water partition coefficient (Wildman–Crippen LogP) is 4.19. The van der Waals surface area contributed by atoms with Gasteiger partial charge in [0, 0.05) is 4.47 Å². The average Bonchev–Trinajstić information content (AvgIpc) is 3.22. The fraction of sp³-hybridized carbons (Fsp3) is 0.286. The summed E-state index contributed by atoms with van der Waals surface area (Å²) in [4.78, 5) is 43.0. The quantitative estimate of drug-likeness (QED) is 0.311. The fourth-order valence-corrected chi connectivity index (χ4v) is 6.39. The molecule has 0 aliphatic carbocycles. The van der Waals surface area contributed by atoms with Crippen LogP contribution in [0.15, 0.2) is 60.3 Å². The summed E-state index contributed by atoms with van der Waals surface area (Å²) in [5.41, 5.74) is 1.59. The van der Waals surface area contributed by atoms with Crippen LogP contribution in [0.25, 0.3) is 6.08 Å². The van der Waals surface area contributed by atoms with E-state index < -0.39 is 24.6 Å². The van der Waals surface area contributed by atoms with Crippen LogP contribution in [-0.2, 0) is 14.3 Å². The van der Waals surface area contributed by atoms with Crippen LogP contribution >= 0.6 is 43.2 Å². The Hall–Kier alpha value is -3.42. The number of halogens is 2. The van der Waals surface area contributed by atoms with E-state index in [2.05, 4.69) is 36.9 Å². The van der Waals surface area contributed by atoms with Crippen molar-refractivity contribution in [2.75, 3.05) is 26.9 Å². The summed E-state index contributed by atoms with van der Waals surface area (Å²) < 4.78 is 24.9. The van der Waals surface area contributed by atoms with E-state index in [1.165, 1.54) is 23.0 Å². The number of allylic oxidation sites excluding steroid dienone is 1. The number of thiazole rings is 1. The van der Waals surface area contributed by atoms with Gasteiger partial charge in [-0.1, -0.05) is 33.3 Å². The van der Waals surface area contributed by atoms with E-state index in [1.807, 2.05) is 6.92 Å². The van der Waals surface area contributed by atoms with Gasteiger partial charge in [0.25, 0.3) is 5.56 Å². The standard InChI is InChI=1S/C28H26Br2N2O8S/c1-5-38-21-12-17(29)16(11-20(21)37-4)25-24(27(36)39-6-2)14(3)31-28-32(25)26(35)22(41-28)10-15-7-8-19(18(30)9-15)40-13-23(33)34/h7-12,25H,5-6,13H2,1-4H3,(H,33,34)/b22-10-/t25-/m0/s1. The van der Waals surface area contributed by atoms with Crippen LogP contribution in [0.4, 0.5) is 0 Å². The van der Waals surface area contributed by atoms with Crippen molar-refractivity contribution in [3.05, 3.63) is 81.4 Å². The molecular weight excluding hydrogens is 684 g/mol. The zero-order valence-corrected chi connectivity index (χ0v) is 26.5. The van der Waals surface area contributed by atoms with E-state index in [1.54, 1.807) is 50.3 Å². The molecule has 41 heavy (non-hydrogen) atoms. The number of nitrogens with zero attached hydrogens (tertiary/aromatic N) is 2. The summed E-state index contributed by atoms with van der Waals surface area (Å²) in [5.74, 6) is -0.354. The molecular formula is C28H26Br2N2O8S. The van der Waals surface area contributed by atoms with Crippen molar-refractivity contribution in [1.82, 2.24) is 4.57 Å². The van der Waals surface area contributed by atoms with E-state index in [9.17, 15) is 14.4 Å². The zero-order valence-electron chi connectivity index (χ0n) is 22.5. The number of carbonyl (C=O) groups is 2. The summed E-state index contributed by atoms with van der Waals surface area (Å²) in [6.45, 7) is 5.38. The van der Waals surface area contributed by atoms with E-state index in [0.717, 1.165) is 0 Å². The monoisotopic (exact) mass is 708 g/mol. The van der Waals surface area contributed by atoms with Crippen LogP contribution in [0.5, 0.6) is 17.2 Å². The lowest BCUT2D eigenvalue weighted by atomic mass is 9.95. The van der Waals surface area contributed by atoms with Crippen molar-refractivity contribution in [1.29, 1.82) is 0 Å². The van der Waals surface area contributed by atoms with Gasteiger partial charge in [-0.3, -0.25) is 9.36 Å². The molecule has 1 atom stereocenters. The highest BCUT2D eigenvalue weighted by Gasteiger charge is 2.35. The summed E-state index contributed by atoms with van der Waals surface area (Å²) in [6.07, 6.45) is 1.70. The van der Waals surface area contributed by atoms with Gasteiger partial charge in [0.15, 0.2) is 22.9 Å². The Bertz CT molecular complexity index is 1730. The van der Waals surface area contributed by atoms with Gasteiger partial charge in [0.05, 0.1) is 46.6 Å². The summed E-state index contributed by atoms with van der Waals surface area (Å²) >= 11 is 8.18. The van der Waals surface area contributed by atoms with Crippen molar-refractivity contribution in [2.24, 2.45) is 4.99 Å². The number of ether oxygens (including phenoxy) is 4. The Morgan fingerprint density at radius 2 is 1.83 bits per heavy atom. The molecule has 2 aromatic carbocycles. The summed E-state index contributed by atoms with van der Waals surface area (Å²) in [5, 5.41) is 8.88. The molecule has 0 spiro atoms. The highest BCUT2D eigenvalue weighted by molar-refractivity contribution is 9.10. The average molecular weight is 710 g/mol. The zero-order chi connectivity index (χ0) is 29.8. The van der Waals surface area contributed by atoms with E-state index in [-0.39, 0.29) is 17.7 Å². The Labute approximate surface area is 255 Å². The van der Waals surface area contributed by atoms with E-state index in [0.29, 0.717) is 59.0 Å². The second-order valence-electron chi connectivity index (χ2n) is 8.63. The number of carbonyl (C=O) groups excluding carboxylic acids is 1. The van der Waals surface area contributed by atoms with Crippen molar-refractivity contribution < 1.29 is 33.6 Å². The highest BCUT2D eigenvalue weighted by Crippen LogP contribution is 2.41. The van der Waals surface area contributed by atoms with Gasteiger partial charge in [-0.2, -0.15) is 0 Å². The second kappa shape index (κ2) is 13.0. The fourth-order valence-electron chi connectivity index (χ4n) is 4.29. The van der Waals surface area contributed by atoms with Gasteiger partial charge in [-0.15, -0.1) is 0 Å². The lowest BCUT2D eigenvalue weighted by molar-refractivity contribution is -0.140. The van der Waals surface area contributed by atoms with Crippen molar-refractivity contribution in [2.45, 2.75) is 26.8 Å². The first-order valence-corrected chi connectivity index (χ1v) is 14.8. The molecule has 0 fully saturated rings. The lowest BCUT2D eigenvalue weighted by Gasteiger charge is -2.26. The van der Waals surface area contributed by atoms with Gasteiger partial charge in [0.1, 0.15) is 5.75 Å². The van der Waals surface area contributed by atoms with Crippen LogP contribution in [0.1, 0.15) is 37.9 Å². The molecule has 0 amide bonds. The smallest absolute Gasteiger partial charge is 0.341 e. The highest BCUT2D eigenvalue weighted by atomic mass is 79.9. The van der Waals surface area contributed by atoms with Crippen LogP contribution < -0.4 is 29.1 Å². The summed E-state index contributed by atoms with van der Waals surface area (Å²) in [7, 11) is 1.52. The molecule has 0 radical (unpaired) electrons. The van der Waals surface area contributed by atoms with E-state index >= 15 is 0 Å².